The van der Waals surface area contributed by atoms with Gasteiger partial charge in [0.05, 0.1) is 17.9 Å². The van der Waals surface area contributed by atoms with Crippen LogP contribution in [0.5, 0.6) is 0 Å². The molecular weight excluding hydrogens is 374 g/mol. The monoisotopic (exact) mass is 396 g/mol. The average Bonchev–Trinajstić information content (AvgIpc) is 2.62. The van der Waals surface area contributed by atoms with Gasteiger partial charge in [-0.1, -0.05) is 43.0 Å². The van der Waals surface area contributed by atoms with Gasteiger partial charge in [0.1, 0.15) is 0 Å². The van der Waals surface area contributed by atoms with E-state index in [9.17, 15) is 14.7 Å². The Morgan fingerprint density at radius 1 is 1.31 bits per heavy atom. The zero-order valence-corrected chi connectivity index (χ0v) is 16.3. The van der Waals surface area contributed by atoms with E-state index in [0.717, 1.165) is 12.8 Å². The van der Waals surface area contributed by atoms with Crippen molar-refractivity contribution in [2.24, 2.45) is 5.92 Å². The summed E-state index contributed by atoms with van der Waals surface area (Å²) in [5, 5.41) is 11.9. The Morgan fingerprint density at radius 2 is 1.96 bits per heavy atom. The predicted molar refractivity (Wildman–Crippen MR) is 105 cm³/mol. The van der Waals surface area contributed by atoms with Crippen molar-refractivity contribution in [1.29, 1.82) is 0 Å². The second kappa shape index (κ2) is 9.00. The third kappa shape index (κ3) is 4.86. The van der Waals surface area contributed by atoms with E-state index in [0.29, 0.717) is 48.1 Å². The van der Waals surface area contributed by atoms with Crippen LogP contribution in [-0.4, -0.2) is 42.9 Å². The van der Waals surface area contributed by atoms with Crippen LogP contribution in [0.1, 0.15) is 39.0 Å². The number of anilines is 1. The van der Waals surface area contributed by atoms with Gasteiger partial charge in [0.2, 0.25) is 0 Å². The van der Waals surface area contributed by atoms with E-state index in [-0.39, 0.29) is 11.9 Å². The number of aliphatic carboxylic acids is 1. The summed E-state index contributed by atoms with van der Waals surface area (Å²) < 4.78 is 0. The zero-order chi connectivity index (χ0) is 19.3. The molecule has 26 heavy (non-hydrogen) atoms. The molecule has 2 radical (unpaired) electrons. The highest BCUT2D eigenvalue weighted by Crippen LogP contribution is 2.43. The fourth-order valence-corrected chi connectivity index (χ4v) is 3.63. The summed E-state index contributed by atoms with van der Waals surface area (Å²) in [5.41, 5.74) is 0.563. The Bertz CT molecular complexity index is 666. The molecule has 5 nitrogen and oxygen atoms in total. The second-order valence-electron chi connectivity index (χ2n) is 6.77. The number of nitrogens with zero attached hydrogens (tertiary/aromatic N) is 1. The lowest BCUT2D eigenvalue weighted by Gasteiger charge is -2.40. The summed E-state index contributed by atoms with van der Waals surface area (Å²) in [7, 11) is 6.23. The van der Waals surface area contributed by atoms with Crippen LogP contribution < -0.4 is 5.32 Å². The number of piperidine rings is 1. The van der Waals surface area contributed by atoms with Crippen LogP contribution in [0, 0.1) is 5.92 Å². The third-order valence-corrected chi connectivity index (χ3v) is 5.76. The maximum Gasteiger partial charge on any atom is 0.321 e. The molecule has 2 N–H and O–H groups in total. The molecule has 0 saturated carbocycles. The average molecular weight is 397 g/mol. The fraction of sp³-hybridized carbons (Fsp3) is 0.556. The number of unbranched alkanes of at least 4 members (excludes halogenated alkanes) is 1. The van der Waals surface area contributed by atoms with Gasteiger partial charge in [0.15, 0.2) is 0 Å². The molecule has 1 fully saturated rings. The van der Waals surface area contributed by atoms with Crippen LogP contribution >= 0.6 is 23.2 Å². The van der Waals surface area contributed by atoms with Crippen LogP contribution in [0.25, 0.3) is 0 Å². The van der Waals surface area contributed by atoms with Crippen molar-refractivity contribution >= 4 is 48.7 Å². The van der Waals surface area contributed by atoms with Crippen molar-refractivity contribution in [2.45, 2.75) is 44.3 Å². The minimum atomic E-state index is -1.22. The number of nitrogens with one attached hydrogen (secondary N) is 1. The smallest absolute Gasteiger partial charge is 0.321 e. The molecule has 2 rings (SSSR count). The van der Waals surface area contributed by atoms with Crippen LogP contribution in [0.2, 0.25) is 15.4 Å². The first-order valence-electron chi connectivity index (χ1n) is 8.81. The molecule has 0 aliphatic carbocycles. The van der Waals surface area contributed by atoms with E-state index in [4.69, 9.17) is 31.0 Å². The Morgan fingerprint density at radius 3 is 2.50 bits per heavy atom. The molecule has 1 unspecified atom stereocenters. The highest BCUT2D eigenvalue weighted by atomic mass is 35.5. The van der Waals surface area contributed by atoms with Crippen molar-refractivity contribution in [3.63, 3.8) is 0 Å². The zero-order valence-electron chi connectivity index (χ0n) is 14.8. The number of carbonyl (C=O) groups is 2. The number of hydrogen-bond donors (Lipinski definition) is 2. The van der Waals surface area contributed by atoms with E-state index in [1.165, 1.54) is 0 Å². The molecule has 8 heteroatoms. The summed E-state index contributed by atoms with van der Waals surface area (Å²) in [6, 6.07) is 4.65. The first-order chi connectivity index (χ1) is 12.3. The lowest BCUT2D eigenvalue weighted by Crippen LogP contribution is -2.45. The SMILES string of the molecule is [B]C(CCCC)(C(=O)O)C1CCN(C(=O)Nc2ccc(Cl)c(Cl)c2)CC1. The third-order valence-electron chi connectivity index (χ3n) is 5.02. The number of amides is 2. The van der Waals surface area contributed by atoms with Gasteiger partial charge in [-0.25, -0.2) is 4.79 Å². The second-order valence-corrected chi connectivity index (χ2v) is 7.58. The highest BCUT2D eigenvalue weighted by Gasteiger charge is 2.41. The van der Waals surface area contributed by atoms with Gasteiger partial charge in [-0.05, 0) is 43.4 Å². The lowest BCUT2D eigenvalue weighted by atomic mass is 9.56. The van der Waals surface area contributed by atoms with Gasteiger partial charge >= 0.3 is 12.0 Å². The van der Waals surface area contributed by atoms with E-state index in [2.05, 4.69) is 5.32 Å². The van der Waals surface area contributed by atoms with E-state index < -0.39 is 11.3 Å². The fourth-order valence-electron chi connectivity index (χ4n) is 3.33. The van der Waals surface area contributed by atoms with Gasteiger partial charge in [-0.2, -0.15) is 0 Å². The van der Waals surface area contributed by atoms with Crippen molar-refractivity contribution in [2.75, 3.05) is 18.4 Å². The summed E-state index contributed by atoms with van der Waals surface area (Å²) in [6.45, 7) is 2.95. The maximum atomic E-state index is 12.4. The number of rotatable bonds is 6. The number of carbonyl (C=O) groups excluding carboxylic acids is 1. The number of likely N-dealkylation sites (tertiary alicyclic amines) is 1. The number of urea groups is 1. The molecule has 0 aromatic heterocycles. The largest absolute Gasteiger partial charge is 0.481 e. The normalized spacial score (nSPS) is 17.6. The van der Waals surface area contributed by atoms with E-state index in [1.807, 2.05) is 6.92 Å². The van der Waals surface area contributed by atoms with Gasteiger partial charge < -0.3 is 15.3 Å². The summed E-state index contributed by atoms with van der Waals surface area (Å²) in [5.74, 6) is -1.09. The minimum Gasteiger partial charge on any atom is -0.481 e. The van der Waals surface area contributed by atoms with Crippen molar-refractivity contribution in [1.82, 2.24) is 4.90 Å². The summed E-state index contributed by atoms with van der Waals surface area (Å²) in [6.07, 6.45) is 3.28. The molecule has 1 aromatic carbocycles. The molecule has 1 aromatic rings. The highest BCUT2D eigenvalue weighted by molar-refractivity contribution is 6.42. The van der Waals surface area contributed by atoms with E-state index >= 15 is 0 Å². The Kier molecular flexibility index (Phi) is 7.24. The molecule has 0 bridgehead atoms. The van der Waals surface area contributed by atoms with Gasteiger partial charge in [0, 0.05) is 24.1 Å². The quantitative estimate of drug-likeness (QED) is 0.676. The number of halogens is 2. The molecule has 1 atom stereocenters. The molecule has 140 valence electrons. The number of carboxylic acid groups (broad SMARTS) is 1. The first kappa shape index (κ1) is 20.9. The van der Waals surface area contributed by atoms with Crippen LogP contribution in [0.3, 0.4) is 0 Å². The number of carboxylic acids is 1. The molecule has 1 aliphatic rings. The molecule has 1 aliphatic heterocycles. The molecule has 2 amide bonds. The Balaban J connectivity index is 1.95. The molecule has 1 saturated heterocycles. The van der Waals surface area contributed by atoms with Crippen LogP contribution in [0.15, 0.2) is 18.2 Å². The van der Waals surface area contributed by atoms with Crippen molar-refractivity contribution in [3.8, 4) is 0 Å². The Hall–Kier alpha value is -1.40. The summed E-state index contributed by atoms with van der Waals surface area (Å²) in [4.78, 5) is 25.8. The Labute approximate surface area is 165 Å². The molecular formula is C18H23BCl2N2O3. The lowest BCUT2D eigenvalue weighted by molar-refractivity contribution is -0.143. The predicted octanol–water partition coefficient (Wildman–Crippen LogP) is 4.84. The molecule has 1 heterocycles. The van der Waals surface area contributed by atoms with Crippen LogP contribution in [0.4, 0.5) is 10.5 Å². The standard InChI is InChI=1S/C18H23BCl2N2O3/c1-2-3-8-18(19,16(24)25)12-6-9-23(10-7-12)17(26)22-13-4-5-14(20)15(21)11-13/h4-5,11-12H,2-3,6-10H2,1H3,(H,22,26)(H,24,25). The maximum absolute atomic E-state index is 12.4. The van der Waals surface area contributed by atoms with Crippen molar-refractivity contribution in [3.05, 3.63) is 28.2 Å². The van der Waals surface area contributed by atoms with Gasteiger partial charge in [-0.15, -0.1) is 0 Å². The van der Waals surface area contributed by atoms with Crippen LogP contribution in [-0.2, 0) is 4.79 Å². The van der Waals surface area contributed by atoms with Gasteiger partial charge in [-0.3, -0.25) is 4.79 Å². The first-order valence-corrected chi connectivity index (χ1v) is 9.56. The van der Waals surface area contributed by atoms with Gasteiger partial charge in [0.25, 0.3) is 0 Å². The van der Waals surface area contributed by atoms with Crippen molar-refractivity contribution < 1.29 is 14.7 Å². The minimum absolute atomic E-state index is 0.138. The number of benzene rings is 1. The van der Waals surface area contributed by atoms with E-state index in [1.54, 1.807) is 23.1 Å². The summed E-state index contributed by atoms with van der Waals surface area (Å²) >= 11 is 11.8. The topological polar surface area (TPSA) is 69.6 Å². The molecule has 0 spiro atoms. The number of hydrogen-bond acceptors (Lipinski definition) is 2.